The topological polar surface area (TPSA) is 12.0 Å². The number of rotatable bonds is 8. The third-order valence-corrected chi connectivity index (χ3v) is 18.8. The number of benzene rings is 6. The van der Waals surface area contributed by atoms with Crippen LogP contribution < -0.4 is 21.7 Å². The van der Waals surface area contributed by atoms with E-state index < -0.39 is 0 Å². The highest BCUT2D eigenvalue weighted by Crippen LogP contribution is 2.49. The van der Waals surface area contributed by atoms with Crippen molar-refractivity contribution in [1.29, 1.82) is 0 Å². The minimum Gasteiger partial charge on any atom is -0.356 e. The Balaban J connectivity index is 1.42. The molecule has 3 heteroatoms. The lowest BCUT2D eigenvalue weighted by molar-refractivity contribution is 0.332. The van der Waals surface area contributed by atoms with Crippen molar-refractivity contribution in [1.82, 2.24) is 0 Å². The van der Waals surface area contributed by atoms with Gasteiger partial charge in [-0.1, -0.05) is 213 Å². The number of aryl methyl sites for hydroxylation is 2. The van der Waals surface area contributed by atoms with Crippen molar-refractivity contribution in [2.75, 3.05) is 5.32 Å². The fourth-order valence-corrected chi connectivity index (χ4v) is 13.6. The van der Waals surface area contributed by atoms with Gasteiger partial charge in [0.15, 0.2) is 0 Å². The molecular formula is C69H86BNS. The molecule has 0 amide bonds. The molecule has 0 saturated carbocycles. The van der Waals surface area contributed by atoms with Crippen LogP contribution >= 0.6 is 11.3 Å². The van der Waals surface area contributed by atoms with E-state index in [9.17, 15) is 0 Å². The van der Waals surface area contributed by atoms with Gasteiger partial charge in [0.2, 0.25) is 6.71 Å². The Hall–Kier alpha value is -4.86. The molecule has 9 rings (SSSR count). The fourth-order valence-electron chi connectivity index (χ4n) is 12.4. The van der Waals surface area contributed by atoms with Crippen molar-refractivity contribution >= 4 is 55.9 Å². The van der Waals surface area contributed by atoms with Crippen LogP contribution in [0.15, 0.2) is 109 Å². The molecule has 1 heterocycles. The van der Waals surface area contributed by atoms with Crippen LogP contribution in [0.1, 0.15) is 204 Å². The van der Waals surface area contributed by atoms with E-state index in [2.05, 4.69) is 257 Å². The minimum absolute atomic E-state index is 0.0220. The molecule has 0 radical (unpaired) electrons. The summed E-state index contributed by atoms with van der Waals surface area (Å²) in [4.78, 5) is 1.46. The largest absolute Gasteiger partial charge is 0.356 e. The summed E-state index contributed by atoms with van der Waals surface area (Å²) in [5.74, 6) is 0. The van der Waals surface area contributed by atoms with E-state index in [0.29, 0.717) is 0 Å². The van der Waals surface area contributed by atoms with Gasteiger partial charge in [0, 0.05) is 27.4 Å². The summed E-state index contributed by atoms with van der Waals surface area (Å²) < 4.78 is 1.41. The molecule has 0 atom stereocenters. The number of thiophene rings is 1. The Morgan fingerprint density at radius 1 is 0.500 bits per heavy atom. The molecule has 0 spiro atoms. The van der Waals surface area contributed by atoms with Crippen molar-refractivity contribution in [2.24, 2.45) is 0 Å². The van der Waals surface area contributed by atoms with Gasteiger partial charge in [-0.2, -0.15) is 0 Å². The summed E-state index contributed by atoms with van der Waals surface area (Å²) >= 11 is 2.06. The van der Waals surface area contributed by atoms with Crippen molar-refractivity contribution in [3.05, 3.63) is 170 Å². The van der Waals surface area contributed by atoms with Crippen LogP contribution in [0.3, 0.4) is 0 Å². The lowest BCUT2D eigenvalue weighted by atomic mass is 9.34. The molecule has 1 aromatic heterocycles. The van der Waals surface area contributed by atoms with E-state index in [1.165, 1.54) is 129 Å². The van der Waals surface area contributed by atoms with Gasteiger partial charge in [0.1, 0.15) is 0 Å². The van der Waals surface area contributed by atoms with Crippen LogP contribution in [0, 0.1) is 13.8 Å². The van der Waals surface area contributed by atoms with Crippen LogP contribution in [0.2, 0.25) is 0 Å². The van der Waals surface area contributed by atoms with Gasteiger partial charge in [0.05, 0.1) is 0 Å². The van der Waals surface area contributed by atoms with Gasteiger partial charge in [-0.25, -0.2) is 0 Å². The highest BCUT2D eigenvalue weighted by molar-refractivity contribution is 7.22. The molecule has 2 aliphatic rings. The summed E-state index contributed by atoms with van der Waals surface area (Å²) in [6.45, 7) is 45.8. The first-order valence-corrected chi connectivity index (χ1v) is 28.1. The first-order valence-electron chi connectivity index (χ1n) is 27.3. The number of nitrogens with one attached hydrogen (secondary N) is 1. The Morgan fingerprint density at radius 2 is 1.01 bits per heavy atom. The molecule has 2 aliphatic carbocycles. The number of hydrogen-bond acceptors (Lipinski definition) is 2. The molecule has 0 aliphatic heterocycles. The van der Waals surface area contributed by atoms with Crippen LogP contribution in [0.5, 0.6) is 0 Å². The van der Waals surface area contributed by atoms with Crippen LogP contribution in [0.25, 0.3) is 21.2 Å². The molecule has 0 saturated heterocycles. The molecule has 6 aromatic carbocycles. The Labute approximate surface area is 441 Å². The summed E-state index contributed by atoms with van der Waals surface area (Å²) in [6, 6.07) is 43.5. The third-order valence-electron chi connectivity index (χ3n) is 17.6. The second-order valence-electron chi connectivity index (χ2n) is 28.2. The maximum atomic E-state index is 4.17. The third kappa shape index (κ3) is 9.71. The summed E-state index contributed by atoms with van der Waals surface area (Å²) in [5.41, 5.74) is 23.8. The normalized spacial score (nSPS) is 17.1. The molecule has 0 unspecified atom stereocenters. The average molecular weight is 972 g/mol. The quantitative estimate of drug-likeness (QED) is 0.150. The van der Waals surface area contributed by atoms with Gasteiger partial charge < -0.3 is 5.32 Å². The second kappa shape index (κ2) is 17.9. The Morgan fingerprint density at radius 3 is 1.57 bits per heavy atom. The smallest absolute Gasteiger partial charge is 0.246 e. The lowest BCUT2D eigenvalue weighted by Gasteiger charge is -2.43. The van der Waals surface area contributed by atoms with Crippen LogP contribution in [-0.4, -0.2) is 6.71 Å². The van der Waals surface area contributed by atoms with Gasteiger partial charge in [0.25, 0.3) is 0 Å². The van der Waals surface area contributed by atoms with Crippen LogP contribution in [-0.2, 0) is 44.3 Å². The number of hydrogen-bond donors (Lipinski definition) is 1. The predicted molar refractivity (Wildman–Crippen MR) is 320 cm³/mol. The fraction of sp³-hybridized carbons (Fsp3) is 0.449. The zero-order valence-corrected chi connectivity index (χ0v) is 48.7. The maximum absolute atomic E-state index is 4.17. The SMILES string of the molecule is Cc1cc2c(cc1B(c1c(C)cc(C(C)(C)C)cc1Nc1ccc(C(C)(C)C)cc1)c1c(Cc3ccc(C(C)(C)C)cc3-c3ccccc3)sc3cc4c(cc13)C(C)(C)CCC4(C)C)C(C)(C)CCC2(C)C. The highest BCUT2D eigenvalue weighted by Gasteiger charge is 2.42. The monoisotopic (exact) mass is 972 g/mol. The zero-order chi connectivity index (χ0) is 52.3. The Kier molecular flexibility index (Phi) is 13.0. The molecule has 376 valence electrons. The summed E-state index contributed by atoms with van der Waals surface area (Å²) in [5, 5.41) is 5.60. The number of fused-ring (bicyclic) bond motifs is 3. The van der Waals surface area contributed by atoms with E-state index in [0.717, 1.165) is 12.1 Å². The zero-order valence-electron chi connectivity index (χ0n) is 47.9. The minimum atomic E-state index is -0.0583. The van der Waals surface area contributed by atoms with Gasteiger partial charge in [-0.15, -0.1) is 11.3 Å². The second-order valence-corrected chi connectivity index (χ2v) is 29.3. The first kappa shape index (κ1) is 52.0. The first-order chi connectivity index (χ1) is 33.4. The summed E-state index contributed by atoms with van der Waals surface area (Å²) in [6.07, 6.45) is 5.58. The molecule has 1 N–H and O–H groups in total. The molecule has 1 nitrogen and oxygen atoms in total. The van der Waals surface area contributed by atoms with Crippen molar-refractivity contribution in [3.63, 3.8) is 0 Å². The molecule has 0 bridgehead atoms. The van der Waals surface area contributed by atoms with E-state index in [1.807, 2.05) is 0 Å². The summed E-state index contributed by atoms with van der Waals surface area (Å²) in [7, 11) is 0. The van der Waals surface area contributed by atoms with Crippen LogP contribution in [0.4, 0.5) is 11.4 Å². The Bertz CT molecular complexity index is 3190. The molecule has 0 fully saturated rings. The molecule has 72 heavy (non-hydrogen) atoms. The lowest BCUT2D eigenvalue weighted by Crippen LogP contribution is -2.56. The van der Waals surface area contributed by atoms with E-state index in [4.69, 9.17) is 0 Å². The predicted octanol–water partition coefficient (Wildman–Crippen LogP) is 17.6. The average Bonchev–Trinajstić information content (AvgIpc) is 3.63. The van der Waals surface area contributed by atoms with E-state index in [-0.39, 0.29) is 44.6 Å². The van der Waals surface area contributed by atoms with Crippen molar-refractivity contribution < 1.29 is 0 Å². The highest BCUT2D eigenvalue weighted by atomic mass is 32.1. The van der Waals surface area contributed by atoms with Crippen molar-refractivity contribution in [2.45, 2.75) is 202 Å². The van der Waals surface area contributed by atoms with Gasteiger partial charge >= 0.3 is 0 Å². The number of anilines is 2. The van der Waals surface area contributed by atoms with E-state index >= 15 is 0 Å². The molecular weight excluding hydrogens is 886 g/mol. The van der Waals surface area contributed by atoms with E-state index in [1.54, 1.807) is 0 Å². The maximum Gasteiger partial charge on any atom is 0.246 e. The van der Waals surface area contributed by atoms with Crippen molar-refractivity contribution in [3.8, 4) is 11.1 Å². The van der Waals surface area contributed by atoms with Gasteiger partial charge in [-0.3, -0.25) is 0 Å². The standard InChI is InChI=1S/C69H86BNS/c1-43-36-53-55(68(16,17)33-31-66(53,12)13)41-57(43)70(61-44(2)35-49(65(9,10)11)39-58(61)71-50-29-27-47(28-30-50)63(3,4)5)62-52-40-54-56(69(18,19)34-32-67(54,14)15)42-59(52)72-60(62)37-46-25-26-48(64(6,7)8)38-51(46)45-23-21-20-22-24-45/h20-30,35-36,38-42,71H,31-34,37H2,1-19H3. The molecule has 7 aromatic rings. The van der Waals surface area contributed by atoms with Gasteiger partial charge in [-0.05, 0) is 180 Å².